The summed E-state index contributed by atoms with van der Waals surface area (Å²) in [6.45, 7) is 2.96. The number of nitrogens with one attached hydrogen (secondary N) is 1. The van der Waals surface area contributed by atoms with Crippen molar-refractivity contribution in [3.63, 3.8) is 0 Å². The number of halogens is 2. The van der Waals surface area contributed by atoms with Crippen LogP contribution in [0.4, 0.5) is 0 Å². The second kappa shape index (κ2) is 4.28. The lowest BCUT2D eigenvalue weighted by Crippen LogP contribution is -1.99. The minimum absolute atomic E-state index is 0.805. The van der Waals surface area contributed by atoms with Crippen LogP contribution < -0.4 is 3.53 Å². The van der Waals surface area contributed by atoms with E-state index in [9.17, 15) is 0 Å². The molecule has 0 unspecified atom stereocenters. The molecule has 1 nitrogen and oxygen atoms in total. The van der Waals surface area contributed by atoms with Crippen LogP contribution in [0.5, 0.6) is 0 Å². The van der Waals surface area contributed by atoms with Gasteiger partial charge in [0.1, 0.15) is 0 Å². The van der Waals surface area contributed by atoms with Crippen LogP contribution in [0.3, 0.4) is 0 Å². The third kappa shape index (κ3) is 2.61. The smallest absolute Gasteiger partial charge is 0.0408 e. The van der Waals surface area contributed by atoms with Crippen LogP contribution >= 0.6 is 34.5 Å². The molecule has 0 saturated carbocycles. The van der Waals surface area contributed by atoms with Crippen LogP contribution in [0, 0.1) is 6.92 Å². The first-order chi connectivity index (χ1) is 5.24. The standard InChI is InChI=1S/C8H9ClIN/c1-6-4-8(9)3-2-7(6)5-11-10/h2-4,11H,5H2,1H3. The first kappa shape index (κ1) is 9.29. The highest BCUT2D eigenvalue weighted by atomic mass is 127. The molecule has 60 valence electrons. The first-order valence-electron chi connectivity index (χ1n) is 3.32. The fourth-order valence-corrected chi connectivity index (χ4v) is 1.57. The van der Waals surface area contributed by atoms with Crippen molar-refractivity contribution in [1.29, 1.82) is 0 Å². The molecule has 0 fully saturated rings. The van der Waals surface area contributed by atoms with E-state index < -0.39 is 0 Å². The average Bonchev–Trinajstić information content (AvgIpc) is 1.95. The molecular weight excluding hydrogens is 272 g/mol. The summed E-state index contributed by atoms with van der Waals surface area (Å²) in [6, 6.07) is 5.94. The van der Waals surface area contributed by atoms with Gasteiger partial charge in [-0.3, -0.25) is 3.53 Å². The Kier molecular flexibility index (Phi) is 3.62. The van der Waals surface area contributed by atoms with Crippen LogP contribution in [0.2, 0.25) is 5.02 Å². The van der Waals surface area contributed by atoms with Gasteiger partial charge in [-0.1, -0.05) is 17.7 Å². The second-order valence-electron chi connectivity index (χ2n) is 2.38. The Morgan fingerprint density at radius 1 is 1.55 bits per heavy atom. The molecule has 1 rings (SSSR count). The summed E-state index contributed by atoms with van der Waals surface area (Å²) >= 11 is 7.93. The Morgan fingerprint density at radius 2 is 2.27 bits per heavy atom. The van der Waals surface area contributed by atoms with E-state index in [1.54, 1.807) is 0 Å². The zero-order chi connectivity index (χ0) is 8.27. The van der Waals surface area contributed by atoms with Gasteiger partial charge in [-0.25, -0.2) is 0 Å². The molecule has 0 aliphatic heterocycles. The largest absolute Gasteiger partial charge is 0.257 e. The lowest BCUT2D eigenvalue weighted by molar-refractivity contribution is 0.998. The molecule has 1 aromatic rings. The van der Waals surface area contributed by atoms with Crippen molar-refractivity contribution in [3.8, 4) is 0 Å². The van der Waals surface area contributed by atoms with Gasteiger partial charge < -0.3 is 0 Å². The van der Waals surface area contributed by atoms with Crippen LogP contribution in [0.15, 0.2) is 18.2 Å². The van der Waals surface area contributed by atoms with Crippen molar-refractivity contribution in [2.24, 2.45) is 0 Å². The van der Waals surface area contributed by atoms with Gasteiger partial charge in [-0.2, -0.15) is 0 Å². The maximum absolute atomic E-state index is 5.79. The summed E-state index contributed by atoms with van der Waals surface area (Å²) in [4.78, 5) is 0. The van der Waals surface area contributed by atoms with Crippen molar-refractivity contribution >= 4 is 34.5 Å². The summed E-state index contributed by atoms with van der Waals surface area (Å²) in [5.74, 6) is 0. The summed E-state index contributed by atoms with van der Waals surface area (Å²) in [6.07, 6.45) is 0. The van der Waals surface area contributed by atoms with Crippen molar-refractivity contribution in [2.75, 3.05) is 0 Å². The fourth-order valence-electron chi connectivity index (χ4n) is 0.930. The normalized spacial score (nSPS) is 10.1. The molecule has 0 bridgehead atoms. The van der Waals surface area contributed by atoms with Gasteiger partial charge in [0.25, 0.3) is 0 Å². The van der Waals surface area contributed by atoms with E-state index in [0.717, 1.165) is 11.6 Å². The number of benzene rings is 1. The van der Waals surface area contributed by atoms with Crippen LogP contribution in [-0.2, 0) is 6.54 Å². The predicted molar refractivity (Wildman–Crippen MR) is 57.0 cm³/mol. The minimum atomic E-state index is 0.805. The van der Waals surface area contributed by atoms with E-state index in [4.69, 9.17) is 11.6 Å². The van der Waals surface area contributed by atoms with Gasteiger partial charge in [-0.05, 0) is 30.2 Å². The molecule has 0 atom stereocenters. The Morgan fingerprint density at radius 3 is 2.82 bits per heavy atom. The summed E-state index contributed by atoms with van der Waals surface area (Å²) in [5, 5.41) is 0.805. The molecule has 0 saturated heterocycles. The monoisotopic (exact) mass is 281 g/mol. The molecule has 0 amide bonds. The van der Waals surface area contributed by atoms with Crippen molar-refractivity contribution in [1.82, 2.24) is 3.53 Å². The zero-order valence-corrected chi connectivity index (χ0v) is 9.11. The first-order valence-corrected chi connectivity index (χ1v) is 4.78. The number of hydrogen-bond donors (Lipinski definition) is 1. The van der Waals surface area contributed by atoms with Gasteiger partial charge in [0.15, 0.2) is 0 Å². The SMILES string of the molecule is Cc1cc(Cl)ccc1CNI. The van der Waals surface area contributed by atoms with E-state index in [2.05, 4.69) is 33.3 Å². The minimum Gasteiger partial charge on any atom is -0.257 e. The Balaban J connectivity index is 2.90. The molecule has 1 N–H and O–H groups in total. The molecule has 0 aliphatic rings. The van der Waals surface area contributed by atoms with Gasteiger partial charge in [-0.15, -0.1) is 0 Å². The quantitative estimate of drug-likeness (QED) is 0.649. The molecule has 0 spiro atoms. The second-order valence-corrected chi connectivity index (χ2v) is 3.58. The number of aryl methyl sites for hydroxylation is 1. The van der Waals surface area contributed by atoms with Crippen molar-refractivity contribution < 1.29 is 0 Å². The van der Waals surface area contributed by atoms with Crippen LogP contribution in [0.25, 0.3) is 0 Å². The molecule has 0 aromatic heterocycles. The van der Waals surface area contributed by atoms with Gasteiger partial charge in [0.05, 0.1) is 0 Å². The Bertz CT molecular complexity index is 250. The van der Waals surface area contributed by atoms with Crippen LogP contribution in [0.1, 0.15) is 11.1 Å². The van der Waals surface area contributed by atoms with Crippen molar-refractivity contribution in [3.05, 3.63) is 34.3 Å². The highest BCUT2D eigenvalue weighted by Gasteiger charge is 1.96. The lowest BCUT2D eigenvalue weighted by Gasteiger charge is -2.03. The summed E-state index contributed by atoms with van der Waals surface area (Å²) in [7, 11) is 0. The molecule has 0 aliphatic carbocycles. The van der Waals surface area contributed by atoms with Crippen LogP contribution in [-0.4, -0.2) is 0 Å². The van der Waals surface area contributed by atoms with E-state index in [1.807, 2.05) is 18.2 Å². The topological polar surface area (TPSA) is 12.0 Å². The summed E-state index contributed by atoms with van der Waals surface area (Å²) in [5.41, 5.74) is 2.53. The molecule has 0 heterocycles. The third-order valence-corrected chi connectivity index (χ3v) is 2.18. The molecule has 0 radical (unpaired) electrons. The predicted octanol–water partition coefficient (Wildman–Crippen LogP) is 3.09. The van der Waals surface area contributed by atoms with E-state index in [-0.39, 0.29) is 0 Å². The highest BCUT2D eigenvalue weighted by molar-refractivity contribution is 14.1. The third-order valence-electron chi connectivity index (χ3n) is 1.56. The summed E-state index contributed by atoms with van der Waals surface area (Å²) < 4.78 is 3.07. The van der Waals surface area contributed by atoms with Crippen molar-refractivity contribution in [2.45, 2.75) is 13.5 Å². The van der Waals surface area contributed by atoms with E-state index in [0.29, 0.717) is 0 Å². The highest BCUT2D eigenvalue weighted by Crippen LogP contribution is 2.14. The van der Waals surface area contributed by atoms with Gasteiger partial charge >= 0.3 is 0 Å². The maximum Gasteiger partial charge on any atom is 0.0408 e. The fraction of sp³-hybridized carbons (Fsp3) is 0.250. The maximum atomic E-state index is 5.79. The molecule has 11 heavy (non-hydrogen) atoms. The number of hydrogen-bond acceptors (Lipinski definition) is 1. The van der Waals surface area contributed by atoms with Gasteiger partial charge in [0.2, 0.25) is 0 Å². The van der Waals surface area contributed by atoms with Gasteiger partial charge in [0, 0.05) is 34.4 Å². The lowest BCUT2D eigenvalue weighted by atomic mass is 10.1. The van der Waals surface area contributed by atoms with E-state index >= 15 is 0 Å². The zero-order valence-electron chi connectivity index (χ0n) is 6.20. The number of rotatable bonds is 2. The Labute approximate surface area is 85.6 Å². The van der Waals surface area contributed by atoms with E-state index in [1.165, 1.54) is 11.1 Å². The molecular formula is C8H9ClIN. The molecule has 3 heteroatoms. The average molecular weight is 282 g/mol. The Hall–Kier alpha value is 0.200. The molecule has 1 aromatic carbocycles.